The first-order valence-corrected chi connectivity index (χ1v) is 10.7. The Balaban J connectivity index is 1.38. The Labute approximate surface area is 189 Å². The van der Waals surface area contributed by atoms with Gasteiger partial charge >= 0.3 is 6.18 Å². The molecule has 0 atom stereocenters. The van der Waals surface area contributed by atoms with E-state index in [1.165, 1.54) is 18.2 Å². The van der Waals surface area contributed by atoms with Crippen molar-refractivity contribution in [3.05, 3.63) is 64.7 Å². The van der Waals surface area contributed by atoms with Crippen LogP contribution in [0.25, 0.3) is 0 Å². The number of nitrogens with zero attached hydrogens (tertiary/aromatic N) is 2. The summed E-state index contributed by atoms with van der Waals surface area (Å²) < 4.78 is 39.4. The molecule has 33 heavy (non-hydrogen) atoms. The van der Waals surface area contributed by atoms with Crippen molar-refractivity contribution in [3.8, 4) is 0 Å². The minimum atomic E-state index is -4.55. The molecule has 174 valence electrons. The van der Waals surface area contributed by atoms with Gasteiger partial charge in [0, 0.05) is 31.5 Å². The molecular formula is C24H25F3N4O2. The summed E-state index contributed by atoms with van der Waals surface area (Å²) in [4.78, 5) is 31.6. The van der Waals surface area contributed by atoms with Gasteiger partial charge in [0.05, 0.1) is 17.8 Å². The summed E-state index contributed by atoms with van der Waals surface area (Å²) >= 11 is 0. The second-order valence-corrected chi connectivity index (χ2v) is 8.61. The summed E-state index contributed by atoms with van der Waals surface area (Å²) in [7, 11) is 0. The van der Waals surface area contributed by atoms with E-state index in [2.05, 4.69) is 10.6 Å². The summed E-state index contributed by atoms with van der Waals surface area (Å²) in [5.41, 5.74) is 1.56. The third kappa shape index (κ3) is 4.93. The number of benzene rings is 2. The molecular weight excluding hydrogens is 433 g/mol. The van der Waals surface area contributed by atoms with E-state index in [1.54, 1.807) is 0 Å². The molecule has 0 radical (unpaired) electrons. The predicted octanol–water partition coefficient (Wildman–Crippen LogP) is 3.67. The zero-order valence-corrected chi connectivity index (χ0v) is 18.4. The van der Waals surface area contributed by atoms with Crippen LogP contribution in [0, 0.1) is 13.8 Å². The number of halogens is 3. The Morgan fingerprint density at radius 1 is 1.12 bits per heavy atom. The number of hydrogen-bond acceptors (Lipinski definition) is 4. The van der Waals surface area contributed by atoms with Crippen LogP contribution in [-0.2, 0) is 15.8 Å². The number of aryl methyl sites for hydroxylation is 2. The topological polar surface area (TPSA) is 73.8 Å². The molecule has 0 aromatic heterocycles. The molecule has 1 spiro atoms. The van der Waals surface area contributed by atoms with Crippen LogP contribution in [-0.4, -0.2) is 47.7 Å². The third-order valence-corrected chi connectivity index (χ3v) is 6.22. The lowest BCUT2D eigenvalue weighted by molar-refractivity contribution is -0.137. The molecule has 0 bridgehead atoms. The molecule has 2 aromatic rings. The van der Waals surface area contributed by atoms with Crippen LogP contribution in [0.2, 0.25) is 0 Å². The summed E-state index contributed by atoms with van der Waals surface area (Å²) in [6.45, 7) is 4.92. The number of likely N-dealkylation sites (tertiary alicyclic amines) is 1. The highest BCUT2D eigenvalue weighted by Crippen LogP contribution is 2.34. The molecule has 2 aliphatic heterocycles. The lowest BCUT2D eigenvalue weighted by Crippen LogP contribution is -2.52. The zero-order chi connectivity index (χ0) is 23.8. The Kier molecular flexibility index (Phi) is 6.00. The highest BCUT2D eigenvalue weighted by atomic mass is 19.4. The van der Waals surface area contributed by atoms with E-state index < -0.39 is 23.3 Å². The van der Waals surface area contributed by atoms with Gasteiger partial charge in [-0.1, -0.05) is 24.3 Å². The fourth-order valence-electron chi connectivity index (χ4n) is 4.20. The highest BCUT2D eigenvalue weighted by Gasteiger charge is 2.42. The number of nitrogens with one attached hydrogen (secondary N) is 2. The quantitative estimate of drug-likeness (QED) is 0.734. The Morgan fingerprint density at radius 3 is 2.48 bits per heavy atom. The molecule has 2 amide bonds. The second kappa shape index (κ2) is 8.62. The van der Waals surface area contributed by atoms with E-state index in [9.17, 15) is 22.8 Å². The van der Waals surface area contributed by atoms with Crippen molar-refractivity contribution >= 4 is 23.2 Å². The van der Waals surface area contributed by atoms with Crippen LogP contribution in [0.3, 0.4) is 0 Å². The standard InChI is InChI=1S/C24H25F3N4O2/c1-15-7-8-17(13-16(15)2)21-22(33)30-23(29-21)9-11-31(12-10-23)14-20(32)28-19-6-4-3-5-18(19)24(25,26)27/h3-8,13H,9-12,14H2,1-2H3,(H,28,32)(H,30,33). The van der Waals surface area contributed by atoms with E-state index in [-0.39, 0.29) is 18.1 Å². The maximum atomic E-state index is 13.1. The second-order valence-electron chi connectivity index (χ2n) is 8.61. The number of anilines is 1. The number of piperidine rings is 1. The molecule has 0 aliphatic carbocycles. The molecule has 4 rings (SSSR count). The van der Waals surface area contributed by atoms with Gasteiger partial charge in [-0.3, -0.25) is 19.5 Å². The highest BCUT2D eigenvalue weighted by molar-refractivity contribution is 6.46. The van der Waals surface area contributed by atoms with Crippen LogP contribution in [0.4, 0.5) is 18.9 Å². The normalized spacial score (nSPS) is 18.2. The Morgan fingerprint density at radius 2 is 1.82 bits per heavy atom. The number of hydrogen-bond donors (Lipinski definition) is 2. The summed E-state index contributed by atoms with van der Waals surface area (Å²) in [6.07, 6.45) is -3.52. The largest absolute Gasteiger partial charge is 0.418 e. The van der Waals surface area contributed by atoms with Crippen molar-refractivity contribution in [2.45, 2.75) is 38.5 Å². The van der Waals surface area contributed by atoms with E-state index in [4.69, 9.17) is 4.99 Å². The van der Waals surface area contributed by atoms with Crippen molar-refractivity contribution in [3.63, 3.8) is 0 Å². The number of para-hydroxylation sites is 1. The molecule has 2 N–H and O–H groups in total. The molecule has 9 heteroatoms. The van der Waals surface area contributed by atoms with E-state index in [1.807, 2.05) is 36.9 Å². The van der Waals surface area contributed by atoms with E-state index in [0.29, 0.717) is 31.6 Å². The number of aliphatic imine (C=N–C) groups is 1. The number of alkyl halides is 3. The molecule has 2 aliphatic rings. The molecule has 2 heterocycles. The van der Waals surface area contributed by atoms with Gasteiger partial charge in [0.15, 0.2) is 0 Å². The average Bonchev–Trinajstić information content (AvgIpc) is 3.07. The maximum absolute atomic E-state index is 13.1. The number of amides is 2. The van der Waals surface area contributed by atoms with Crippen molar-refractivity contribution in [1.29, 1.82) is 0 Å². The monoisotopic (exact) mass is 458 g/mol. The van der Waals surface area contributed by atoms with Gasteiger partial charge in [0.2, 0.25) is 5.91 Å². The lowest BCUT2D eigenvalue weighted by atomic mass is 9.98. The zero-order valence-electron chi connectivity index (χ0n) is 18.4. The van der Waals surface area contributed by atoms with Crippen molar-refractivity contribution < 1.29 is 22.8 Å². The first-order chi connectivity index (χ1) is 15.6. The van der Waals surface area contributed by atoms with Gasteiger partial charge in [-0.25, -0.2) is 0 Å². The molecule has 1 fully saturated rings. The van der Waals surface area contributed by atoms with Crippen LogP contribution >= 0.6 is 0 Å². The average molecular weight is 458 g/mol. The molecule has 6 nitrogen and oxygen atoms in total. The number of carbonyl (C=O) groups is 2. The predicted molar refractivity (Wildman–Crippen MR) is 119 cm³/mol. The van der Waals surface area contributed by atoms with Gasteiger partial charge < -0.3 is 10.6 Å². The van der Waals surface area contributed by atoms with Gasteiger partial charge in [-0.15, -0.1) is 0 Å². The van der Waals surface area contributed by atoms with Crippen molar-refractivity contribution in [2.24, 2.45) is 4.99 Å². The first-order valence-electron chi connectivity index (χ1n) is 10.7. The fraction of sp³-hybridized carbons (Fsp3) is 0.375. The molecule has 0 unspecified atom stereocenters. The van der Waals surface area contributed by atoms with E-state index in [0.717, 1.165) is 22.8 Å². The third-order valence-electron chi connectivity index (χ3n) is 6.22. The molecule has 0 saturated carbocycles. The van der Waals surface area contributed by atoms with Gasteiger partial charge in [0.25, 0.3) is 5.91 Å². The number of carbonyl (C=O) groups excluding carboxylic acids is 2. The van der Waals surface area contributed by atoms with Crippen LogP contribution in [0.5, 0.6) is 0 Å². The van der Waals surface area contributed by atoms with Gasteiger partial charge in [0.1, 0.15) is 11.4 Å². The fourth-order valence-corrected chi connectivity index (χ4v) is 4.20. The minimum Gasteiger partial charge on any atom is -0.326 e. The minimum absolute atomic E-state index is 0.0378. The van der Waals surface area contributed by atoms with Crippen LogP contribution in [0.15, 0.2) is 47.5 Å². The van der Waals surface area contributed by atoms with Crippen molar-refractivity contribution in [1.82, 2.24) is 10.2 Å². The van der Waals surface area contributed by atoms with Crippen molar-refractivity contribution in [2.75, 3.05) is 25.0 Å². The van der Waals surface area contributed by atoms with Crippen LogP contribution < -0.4 is 10.6 Å². The Hall–Kier alpha value is -3.20. The maximum Gasteiger partial charge on any atom is 0.418 e. The lowest BCUT2D eigenvalue weighted by Gasteiger charge is -2.36. The van der Waals surface area contributed by atoms with E-state index >= 15 is 0 Å². The summed E-state index contributed by atoms with van der Waals surface area (Å²) in [5.74, 6) is -0.731. The summed E-state index contributed by atoms with van der Waals surface area (Å²) in [6, 6.07) is 10.7. The summed E-state index contributed by atoms with van der Waals surface area (Å²) in [5, 5.41) is 5.37. The molecule has 2 aromatic carbocycles. The number of rotatable bonds is 4. The molecule has 1 saturated heterocycles. The smallest absolute Gasteiger partial charge is 0.326 e. The Bertz CT molecular complexity index is 1120. The first kappa shape index (κ1) is 23.0. The van der Waals surface area contributed by atoms with Gasteiger partial charge in [-0.05, 0) is 43.2 Å². The SMILES string of the molecule is Cc1ccc(C2=NC3(CCN(CC(=O)Nc4ccccc4C(F)(F)F)CC3)NC2=O)cc1C. The van der Waals surface area contributed by atoms with Gasteiger partial charge in [-0.2, -0.15) is 13.2 Å². The van der Waals surface area contributed by atoms with Crippen LogP contribution in [0.1, 0.15) is 35.1 Å².